The van der Waals surface area contributed by atoms with Crippen molar-refractivity contribution >= 4 is 18.0 Å². The van der Waals surface area contributed by atoms with Crippen molar-refractivity contribution in [2.75, 3.05) is 19.5 Å². The quantitative estimate of drug-likeness (QED) is 0.432. The number of rotatable bonds is 6. The van der Waals surface area contributed by atoms with Crippen molar-refractivity contribution in [1.82, 2.24) is 0 Å². The summed E-state index contributed by atoms with van der Waals surface area (Å²) in [5.41, 5.74) is 1.10. The maximum Gasteiger partial charge on any atom is 0.150 e. The Hall–Kier alpha value is -1.31. The van der Waals surface area contributed by atoms with Crippen LogP contribution >= 0.6 is 11.8 Å². The second-order valence-electron chi connectivity index (χ2n) is 3.18. The van der Waals surface area contributed by atoms with Crippen LogP contribution in [0.3, 0.4) is 0 Å². The van der Waals surface area contributed by atoms with Gasteiger partial charge in [0.05, 0.1) is 5.56 Å². The summed E-state index contributed by atoms with van der Waals surface area (Å²) in [6.45, 7) is 0.724. The number of ether oxygens (including phenoxy) is 1. The first-order valence-electron chi connectivity index (χ1n) is 4.93. The lowest BCUT2D eigenvalue weighted by Crippen LogP contribution is -1.92. The second kappa shape index (κ2) is 7.04. The Morgan fingerprint density at radius 1 is 1.56 bits per heavy atom. The minimum absolute atomic E-state index is 0.540. The van der Waals surface area contributed by atoms with Crippen LogP contribution < -0.4 is 0 Å². The zero-order valence-corrected chi connectivity index (χ0v) is 9.92. The highest BCUT2D eigenvalue weighted by molar-refractivity contribution is 7.99. The summed E-state index contributed by atoms with van der Waals surface area (Å²) in [5.74, 6) is 0.906. The maximum absolute atomic E-state index is 10.6. The van der Waals surface area contributed by atoms with E-state index in [1.165, 1.54) is 0 Å². The lowest BCUT2D eigenvalue weighted by molar-refractivity contribution is 0.112. The third kappa shape index (κ3) is 3.69. The van der Waals surface area contributed by atoms with Crippen molar-refractivity contribution in [1.29, 1.82) is 5.26 Å². The van der Waals surface area contributed by atoms with Crippen molar-refractivity contribution in [3.8, 4) is 6.07 Å². The summed E-state index contributed by atoms with van der Waals surface area (Å²) >= 11 is 1.61. The second-order valence-corrected chi connectivity index (χ2v) is 4.32. The highest BCUT2D eigenvalue weighted by Gasteiger charge is 2.03. The molecule has 1 aromatic carbocycles. The smallest absolute Gasteiger partial charge is 0.150 e. The number of thioether (sulfide) groups is 1. The molecule has 0 atom stereocenters. The molecule has 0 saturated heterocycles. The van der Waals surface area contributed by atoms with Crippen LogP contribution in [0.15, 0.2) is 23.1 Å². The van der Waals surface area contributed by atoms with E-state index in [1.807, 2.05) is 6.07 Å². The van der Waals surface area contributed by atoms with Crippen molar-refractivity contribution in [2.45, 2.75) is 11.3 Å². The van der Waals surface area contributed by atoms with Gasteiger partial charge in [-0.25, -0.2) is 0 Å². The summed E-state index contributed by atoms with van der Waals surface area (Å²) in [6.07, 6.45) is 1.70. The third-order valence-corrected chi connectivity index (χ3v) is 3.17. The Labute approximate surface area is 99.4 Å². The molecule has 3 nitrogen and oxygen atoms in total. The molecule has 16 heavy (non-hydrogen) atoms. The first kappa shape index (κ1) is 12.8. The SMILES string of the molecule is COCCCSc1ccc(C=O)cc1C#N. The van der Waals surface area contributed by atoms with Gasteiger partial charge in [0.25, 0.3) is 0 Å². The monoisotopic (exact) mass is 235 g/mol. The standard InChI is InChI=1S/C12H13NO2S/c1-15-5-2-6-16-12-4-3-10(9-14)7-11(12)8-13/h3-4,7,9H,2,5-6H2,1H3. The molecule has 0 aliphatic rings. The van der Waals surface area contributed by atoms with Crippen LogP contribution in [0, 0.1) is 11.3 Å². The van der Waals surface area contributed by atoms with E-state index in [9.17, 15) is 4.79 Å². The van der Waals surface area contributed by atoms with Crippen LogP contribution in [0.25, 0.3) is 0 Å². The third-order valence-electron chi connectivity index (χ3n) is 2.01. The molecule has 0 aliphatic carbocycles. The zero-order valence-electron chi connectivity index (χ0n) is 9.10. The van der Waals surface area contributed by atoms with E-state index in [0.717, 1.165) is 30.0 Å². The fraction of sp³-hybridized carbons (Fsp3) is 0.333. The first-order valence-corrected chi connectivity index (χ1v) is 5.91. The fourth-order valence-corrected chi connectivity index (χ4v) is 2.13. The normalized spacial score (nSPS) is 9.75. The predicted octanol–water partition coefficient (Wildman–Crippen LogP) is 2.50. The number of carbonyl (C=O) groups excluding carboxylic acids is 1. The Morgan fingerprint density at radius 3 is 3.00 bits per heavy atom. The summed E-state index contributed by atoms with van der Waals surface area (Å²) in [5, 5.41) is 8.94. The Kier molecular flexibility index (Phi) is 5.62. The predicted molar refractivity (Wildman–Crippen MR) is 63.8 cm³/mol. The van der Waals surface area contributed by atoms with Crippen LogP contribution in [-0.4, -0.2) is 25.8 Å². The molecule has 0 N–H and O–H groups in total. The van der Waals surface area contributed by atoms with Gasteiger partial charge < -0.3 is 4.74 Å². The molecule has 4 heteroatoms. The molecule has 0 radical (unpaired) electrons. The van der Waals surface area contributed by atoms with Gasteiger partial charge in [-0.3, -0.25) is 4.79 Å². The Bertz CT molecular complexity index is 398. The van der Waals surface area contributed by atoms with E-state index in [-0.39, 0.29) is 0 Å². The van der Waals surface area contributed by atoms with Gasteiger partial charge >= 0.3 is 0 Å². The number of nitrogens with zero attached hydrogens (tertiary/aromatic N) is 1. The molecule has 84 valence electrons. The minimum Gasteiger partial charge on any atom is -0.385 e. The topological polar surface area (TPSA) is 50.1 Å². The van der Waals surface area contributed by atoms with Crippen molar-refractivity contribution in [3.05, 3.63) is 29.3 Å². The number of methoxy groups -OCH3 is 1. The van der Waals surface area contributed by atoms with Gasteiger partial charge in [0, 0.05) is 29.9 Å². The molecule has 0 aromatic heterocycles. The van der Waals surface area contributed by atoms with Crippen molar-refractivity contribution < 1.29 is 9.53 Å². The van der Waals surface area contributed by atoms with Crippen molar-refractivity contribution in [2.24, 2.45) is 0 Å². The lowest BCUT2D eigenvalue weighted by atomic mass is 10.1. The van der Waals surface area contributed by atoms with Gasteiger partial charge in [-0.1, -0.05) is 6.07 Å². The van der Waals surface area contributed by atoms with Crippen LogP contribution in [0.2, 0.25) is 0 Å². The van der Waals surface area contributed by atoms with Gasteiger partial charge in [-0.05, 0) is 18.6 Å². The number of hydrogen-bond donors (Lipinski definition) is 0. The molecule has 0 amide bonds. The maximum atomic E-state index is 10.6. The molecule has 0 saturated carbocycles. The van der Waals surface area contributed by atoms with Gasteiger partial charge in [-0.15, -0.1) is 11.8 Å². The van der Waals surface area contributed by atoms with Gasteiger partial charge in [-0.2, -0.15) is 5.26 Å². The zero-order chi connectivity index (χ0) is 11.8. The Balaban J connectivity index is 2.65. The number of hydrogen-bond acceptors (Lipinski definition) is 4. The summed E-state index contributed by atoms with van der Waals surface area (Å²) < 4.78 is 4.95. The van der Waals surface area contributed by atoms with Crippen LogP contribution in [0.5, 0.6) is 0 Å². The van der Waals surface area contributed by atoms with Crippen molar-refractivity contribution in [3.63, 3.8) is 0 Å². The molecule has 0 bridgehead atoms. The Morgan fingerprint density at radius 2 is 2.38 bits per heavy atom. The van der Waals surface area contributed by atoms with E-state index >= 15 is 0 Å². The number of benzene rings is 1. The molecule has 0 spiro atoms. The average molecular weight is 235 g/mol. The lowest BCUT2D eigenvalue weighted by Gasteiger charge is -2.04. The summed E-state index contributed by atoms with van der Waals surface area (Å²) in [4.78, 5) is 11.5. The molecule has 1 aromatic rings. The fourth-order valence-electron chi connectivity index (χ4n) is 1.22. The van der Waals surface area contributed by atoms with E-state index in [0.29, 0.717) is 11.1 Å². The molecular formula is C12H13NO2S. The van der Waals surface area contributed by atoms with E-state index in [2.05, 4.69) is 6.07 Å². The highest BCUT2D eigenvalue weighted by Crippen LogP contribution is 2.23. The molecule has 0 fully saturated rings. The largest absolute Gasteiger partial charge is 0.385 e. The van der Waals surface area contributed by atoms with Crippen LogP contribution in [0.1, 0.15) is 22.3 Å². The van der Waals surface area contributed by atoms with E-state index < -0.39 is 0 Å². The number of aldehydes is 1. The van der Waals surface area contributed by atoms with Crippen LogP contribution in [0.4, 0.5) is 0 Å². The first-order chi connectivity index (χ1) is 7.81. The van der Waals surface area contributed by atoms with E-state index in [1.54, 1.807) is 31.0 Å². The summed E-state index contributed by atoms with van der Waals surface area (Å²) in [6, 6.07) is 7.26. The molecule has 0 heterocycles. The molecule has 0 unspecified atom stereocenters. The molecular weight excluding hydrogens is 222 g/mol. The minimum atomic E-state index is 0.540. The summed E-state index contributed by atoms with van der Waals surface area (Å²) in [7, 11) is 1.67. The van der Waals surface area contributed by atoms with E-state index in [4.69, 9.17) is 10.00 Å². The van der Waals surface area contributed by atoms with Gasteiger partial charge in [0.1, 0.15) is 12.4 Å². The van der Waals surface area contributed by atoms with Crippen LogP contribution in [-0.2, 0) is 4.74 Å². The molecule has 1 rings (SSSR count). The van der Waals surface area contributed by atoms with Gasteiger partial charge in [0.2, 0.25) is 0 Å². The molecule has 0 aliphatic heterocycles. The number of carbonyl (C=O) groups is 1. The number of nitriles is 1. The highest BCUT2D eigenvalue weighted by atomic mass is 32.2. The van der Waals surface area contributed by atoms with Gasteiger partial charge in [0.15, 0.2) is 0 Å². The average Bonchev–Trinajstić information content (AvgIpc) is 2.34.